The summed E-state index contributed by atoms with van der Waals surface area (Å²) in [5, 5.41) is 7.06. The van der Waals surface area contributed by atoms with Gasteiger partial charge in [0.05, 0.1) is 38.1 Å². The normalized spacial score (nSPS) is 10.5. The van der Waals surface area contributed by atoms with Crippen molar-refractivity contribution >= 4 is 35.3 Å². The summed E-state index contributed by atoms with van der Waals surface area (Å²) in [6.07, 6.45) is 1.45. The third-order valence-electron chi connectivity index (χ3n) is 4.57. The van der Waals surface area contributed by atoms with Gasteiger partial charge < -0.3 is 19.5 Å². The number of hydrogen-bond donors (Lipinski definition) is 2. The highest BCUT2D eigenvalue weighted by atomic mass is 35.5. The molecule has 0 unspecified atom stereocenters. The number of nitrogens with zero attached hydrogens (tertiary/aromatic N) is 1. The van der Waals surface area contributed by atoms with Gasteiger partial charge in [0.15, 0.2) is 11.5 Å². The second kappa shape index (κ2) is 11.0. The molecule has 0 atom stereocenters. The molecule has 0 aromatic heterocycles. The van der Waals surface area contributed by atoms with Crippen LogP contribution in [0.25, 0.3) is 0 Å². The van der Waals surface area contributed by atoms with Gasteiger partial charge in [-0.25, -0.2) is 5.43 Å². The average molecular weight is 468 g/mol. The molecule has 0 radical (unpaired) electrons. The molecule has 9 heteroatoms. The van der Waals surface area contributed by atoms with Gasteiger partial charge in [-0.1, -0.05) is 29.8 Å². The lowest BCUT2D eigenvalue weighted by molar-refractivity contribution is 0.0953. The summed E-state index contributed by atoms with van der Waals surface area (Å²) >= 11 is 6.07. The number of carbonyl (C=O) groups excluding carboxylic acids is 2. The van der Waals surface area contributed by atoms with Crippen molar-refractivity contribution in [3.05, 3.63) is 82.4 Å². The number of amides is 2. The molecule has 0 fully saturated rings. The van der Waals surface area contributed by atoms with E-state index in [9.17, 15) is 9.59 Å². The molecular formula is C24H22ClN3O5. The van der Waals surface area contributed by atoms with E-state index in [1.807, 2.05) is 0 Å². The van der Waals surface area contributed by atoms with E-state index in [2.05, 4.69) is 15.8 Å². The molecule has 2 amide bonds. The lowest BCUT2D eigenvalue weighted by Crippen LogP contribution is -2.18. The molecule has 3 aromatic carbocycles. The number of hydrogen-bond acceptors (Lipinski definition) is 6. The quantitative estimate of drug-likeness (QED) is 0.378. The van der Waals surface area contributed by atoms with Crippen LogP contribution in [0.15, 0.2) is 65.8 Å². The second-order valence-electron chi connectivity index (χ2n) is 6.67. The maximum atomic E-state index is 12.5. The largest absolute Gasteiger partial charge is 0.493 e. The minimum atomic E-state index is -0.451. The lowest BCUT2D eigenvalue weighted by atomic mass is 10.1. The highest BCUT2D eigenvalue weighted by Crippen LogP contribution is 2.37. The van der Waals surface area contributed by atoms with E-state index < -0.39 is 5.91 Å². The van der Waals surface area contributed by atoms with E-state index in [-0.39, 0.29) is 5.91 Å². The summed E-state index contributed by atoms with van der Waals surface area (Å²) in [4.78, 5) is 25.0. The first-order chi connectivity index (χ1) is 16.0. The summed E-state index contributed by atoms with van der Waals surface area (Å²) in [6, 6.07) is 16.6. The Bertz CT molecular complexity index is 1170. The maximum Gasteiger partial charge on any atom is 0.271 e. The lowest BCUT2D eigenvalue weighted by Gasteiger charge is -2.12. The van der Waals surface area contributed by atoms with Crippen molar-refractivity contribution in [3.8, 4) is 17.2 Å². The van der Waals surface area contributed by atoms with Crippen molar-refractivity contribution in [3.63, 3.8) is 0 Å². The molecule has 2 N–H and O–H groups in total. The summed E-state index contributed by atoms with van der Waals surface area (Å²) in [7, 11) is 4.54. The molecule has 0 saturated carbocycles. The smallest absolute Gasteiger partial charge is 0.271 e. The second-order valence-corrected chi connectivity index (χ2v) is 7.08. The van der Waals surface area contributed by atoms with Crippen LogP contribution in [0.3, 0.4) is 0 Å². The standard InChI is InChI=1S/C24H22ClN3O5/c1-31-20-11-15(12-21(32-2)22(20)33-3)14-26-28-23(29)16-7-6-8-17(13-16)27-24(30)18-9-4-5-10-19(18)25/h4-14H,1-3H3,(H,27,30)(H,28,29). The van der Waals surface area contributed by atoms with Gasteiger partial charge in [-0.05, 0) is 42.5 Å². The first kappa shape index (κ1) is 23.6. The number of benzene rings is 3. The Balaban J connectivity index is 1.70. The molecule has 3 aromatic rings. The van der Waals surface area contributed by atoms with Gasteiger partial charge in [-0.2, -0.15) is 5.10 Å². The predicted octanol–water partition coefficient (Wildman–Crippen LogP) is 4.38. The molecule has 33 heavy (non-hydrogen) atoms. The topological polar surface area (TPSA) is 98.2 Å². The van der Waals surface area contributed by atoms with Crippen molar-refractivity contribution in [2.24, 2.45) is 5.10 Å². The van der Waals surface area contributed by atoms with Gasteiger partial charge in [0.25, 0.3) is 11.8 Å². The summed E-state index contributed by atoms with van der Waals surface area (Å²) in [6.45, 7) is 0. The van der Waals surface area contributed by atoms with E-state index in [4.69, 9.17) is 25.8 Å². The van der Waals surface area contributed by atoms with Crippen LogP contribution in [-0.2, 0) is 0 Å². The number of nitrogens with one attached hydrogen (secondary N) is 2. The Morgan fingerprint density at radius 1 is 0.879 bits per heavy atom. The number of hydrazone groups is 1. The highest BCUT2D eigenvalue weighted by Gasteiger charge is 2.13. The molecule has 0 saturated heterocycles. The monoisotopic (exact) mass is 467 g/mol. The van der Waals surface area contributed by atoms with Gasteiger partial charge in [0.1, 0.15) is 0 Å². The Labute approximate surface area is 196 Å². The molecule has 170 valence electrons. The third kappa shape index (κ3) is 5.81. The SMILES string of the molecule is COc1cc(C=NNC(=O)c2cccc(NC(=O)c3ccccc3Cl)c2)cc(OC)c1OC. The van der Waals surface area contributed by atoms with Crippen molar-refractivity contribution < 1.29 is 23.8 Å². The molecule has 0 aliphatic carbocycles. The van der Waals surface area contributed by atoms with Gasteiger partial charge >= 0.3 is 0 Å². The molecule has 0 aliphatic heterocycles. The van der Waals surface area contributed by atoms with E-state index in [0.717, 1.165) is 0 Å². The van der Waals surface area contributed by atoms with E-state index in [1.165, 1.54) is 27.5 Å². The van der Waals surface area contributed by atoms with Crippen molar-refractivity contribution in [1.29, 1.82) is 0 Å². The Kier molecular flexibility index (Phi) is 7.88. The Hall–Kier alpha value is -4.04. The zero-order chi connectivity index (χ0) is 23.8. The number of ether oxygens (including phenoxy) is 3. The van der Waals surface area contributed by atoms with Crippen LogP contribution in [0.4, 0.5) is 5.69 Å². The summed E-state index contributed by atoms with van der Waals surface area (Å²) in [5.41, 5.74) is 4.18. The minimum absolute atomic E-state index is 0.314. The number of rotatable bonds is 8. The van der Waals surface area contributed by atoms with Crippen molar-refractivity contribution in [2.45, 2.75) is 0 Å². The van der Waals surface area contributed by atoms with Gasteiger partial charge in [-0.15, -0.1) is 0 Å². The fourth-order valence-electron chi connectivity index (χ4n) is 2.99. The van der Waals surface area contributed by atoms with Crippen LogP contribution in [0.1, 0.15) is 26.3 Å². The third-order valence-corrected chi connectivity index (χ3v) is 4.90. The van der Waals surface area contributed by atoms with Crippen molar-refractivity contribution in [2.75, 3.05) is 26.6 Å². The summed E-state index contributed by atoms with van der Waals surface area (Å²) in [5.74, 6) is 0.557. The predicted molar refractivity (Wildman–Crippen MR) is 127 cm³/mol. The fraction of sp³-hybridized carbons (Fsp3) is 0.125. The first-order valence-electron chi connectivity index (χ1n) is 9.76. The van der Waals surface area contributed by atoms with Crippen molar-refractivity contribution in [1.82, 2.24) is 5.43 Å². The average Bonchev–Trinajstić information content (AvgIpc) is 2.83. The number of methoxy groups -OCH3 is 3. The zero-order valence-corrected chi connectivity index (χ0v) is 19.0. The van der Waals surface area contributed by atoms with Crippen LogP contribution in [0.5, 0.6) is 17.2 Å². The molecule has 0 aliphatic rings. The van der Waals surface area contributed by atoms with Gasteiger partial charge in [0.2, 0.25) is 5.75 Å². The van der Waals surface area contributed by atoms with E-state index in [1.54, 1.807) is 60.7 Å². The zero-order valence-electron chi connectivity index (χ0n) is 18.2. The van der Waals surface area contributed by atoms with Crippen LogP contribution in [0.2, 0.25) is 5.02 Å². The molecule has 0 heterocycles. The molecule has 0 spiro atoms. The number of anilines is 1. The summed E-state index contributed by atoms with van der Waals surface area (Å²) < 4.78 is 15.9. The highest BCUT2D eigenvalue weighted by molar-refractivity contribution is 6.34. The molecule has 3 rings (SSSR count). The van der Waals surface area contributed by atoms with E-state index >= 15 is 0 Å². The van der Waals surface area contributed by atoms with Crippen LogP contribution < -0.4 is 25.0 Å². The van der Waals surface area contributed by atoms with Gasteiger partial charge in [0, 0.05) is 16.8 Å². The molecular weight excluding hydrogens is 446 g/mol. The number of carbonyl (C=O) groups is 2. The van der Waals surface area contributed by atoms with Crippen LogP contribution >= 0.6 is 11.6 Å². The Morgan fingerprint density at radius 2 is 1.58 bits per heavy atom. The first-order valence-corrected chi connectivity index (χ1v) is 10.1. The molecule has 8 nitrogen and oxygen atoms in total. The van der Waals surface area contributed by atoms with E-state index in [0.29, 0.717) is 44.6 Å². The molecule has 0 bridgehead atoms. The van der Waals surface area contributed by atoms with Gasteiger partial charge in [-0.3, -0.25) is 9.59 Å². The van der Waals surface area contributed by atoms with Crippen LogP contribution in [-0.4, -0.2) is 39.4 Å². The minimum Gasteiger partial charge on any atom is -0.493 e. The Morgan fingerprint density at radius 3 is 2.21 bits per heavy atom. The fourth-order valence-corrected chi connectivity index (χ4v) is 3.21. The maximum absolute atomic E-state index is 12.5. The van der Waals surface area contributed by atoms with Crippen LogP contribution in [0, 0.1) is 0 Å². The number of halogens is 1.